The minimum atomic E-state index is 0.201. The lowest BCUT2D eigenvalue weighted by Gasteiger charge is -2.20. The predicted molar refractivity (Wildman–Crippen MR) is 124 cm³/mol. The summed E-state index contributed by atoms with van der Waals surface area (Å²) in [5.41, 5.74) is 5.64. The molecule has 0 unspecified atom stereocenters. The number of thioether (sulfide) groups is 1. The molecule has 0 atom stereocenters. The average Bonchev–Trinajstić information content (AvgIpc) is 3.09. The summed E-state index contributed by atoms with van der Waals surface area (Å²) in [5, 5.41) is 7.11. The normalized spacial score (nSPS) is 13.6. The number of nitrogens with one attached hydrogen (secondary N) is 2. The molecule has 1 fully saturated rings. The summed E-state index contributed by atoms with van der Waals surface area (Å²) in [5.74, 6) is 2.19. The van der Waals surface area contributed by atoms with Gasteiger partial charge in [0.1, 0.15) is 0 Å². The molecule has 0 aromatic heterocycles. The highest BCUT2D eigenvalue weighted by atomic mass is 32.2. The third-order valence-corrected chi connectivity index (χ3v) is 5.99. The summed E-state index contributed by atoms with van der Waals surface area (Å²) in [6, 6.07) is 14.7. The molecule has 2 N–H and O–H groups in total. The van der Waals surface area contributed by atoms with Gasteiger partial charge < -0.3 is 15.5 Å². The van der Waals surface area contributed by atoms with Gasteiger partial charge >= 0.3 is 0 Å². The van der Waals surface area contributed by atoms with Crippen LogP contribution in [0.3, 0.4) is 0 Å². The van der Waals surface area contributed by atoms with Gasteiger partial charge in [0.15, 0.2) is 5.11 Å². The average molecular weight is 414 g/mol. The number of hydrogen-bond donors (Lipinski definition) is 2. The van der Waals surface area contributed by atoms with Crippen molar-refractivity contribution in [1.82, 2.24) is 5.32 Å². The van der Waals surface area contributed by atoms with Crippen LogP contribution >= 0.6 is 24.0 Å². The molecular weight excluding hydrogens is 386 g/mol. The summed E-state index contributed by atoms with van der Waals surface area (Å²) in [4.78, 5) is 13.9. The largest absolute Gasteiger partial charge is 0.362 e. The molecule has 0 bridgehead atoms. The summed E-state index contributed by atoms with van der Waals surface area (Å²) in [6.07, 6.45) is 1.56. The Hall–Kier alpha value is -2.05. The SMILES string of the molecule is Cc1cccc(CSCCNC(=S)Nc2ccc(C)c(N3CCCC3=O)c2)c1. The Bertz CT molecular complexity index is 853. The van der Waals surface area contributed by atoms with E-state index in [-0.39, 0.29) is 5.91 Å². The molecule has 1 amide bonds. The van der Waals surface area contributed by atoms with Crippen molar-refractivity contribution in [2.75, 3.05) is 29.1 Å². The number of carbonyl (C=O) groups is 1. The van der Waals surface area contributed by atoms with Crippen LogP contribution in [-0.2, 0) is 10.5 Å². The zero-order valence-electron chi connectivity index (χ0n) is 16.5. The Morgan fingerprint density at radius 2 is 2.07 bits per heavy atom. The number of amides is 1. The predicted octanol–water partition coefficient (Wildman–Crippen LogP) is 4.65. The molecule has 0 saturated carbocycles. The molecule has 4 nitrogen and oxygen atoms in total. The van der Waals surface area contributed by atoms with Crippen LogP contribution in [0.2, 0.25) is 0 Å². The molecule has 2 aromatic carbocycles. The highest BCUT2D eigenvalue weighted by Gasteiger charge is 2.23. The van der Waals surface area contributed by atoms with Crippen LogP contribution in [-0.4, -0.2) is 29.9 Å². The molecule has 1 heterocycles. The number of carbonyl (C=O) groups excluding carboxylic acids is 1. The van der Waals surface area contributed by atoms with Crippen molar-refractivity contribution in [2.24, 2.45) is 0 Å². The number of rotatable bonds is 7. The molecule has 3 rings (SSSR count). The van der Waals surface area contributed by atoms with Crippen molar-refractivity contribution < 1.29 is 4.79 Å². The quantitative estimate of drug-likeness (QED) is 0.511. The molecule has 1 saturated heterocycles. The first kappa shape index (κ1) is 20.7. The van der Waals surface area contributed by atoms with Crippen LogP contribution in [0.1, 0.15) is 29.5 Å². The van der Waals surface area contributed by atoms with Gasteiger partial charge in [0.25, 0.3) is 0 Å². The number of hydrogen-bond acceptors (Lipinski definition) is 3. The van der Waals surface area contributed by atoms with E-state index in [0.717, 1.165) is 48.0 Å². The number of aryl methyl sites for hydroxylation is 2. The lowest BCUT2D eigenvalue weighted by atomic mass is 10.1. The van der Waals surface area contributed by atoms with Crippen molar-refractivity contribution in [3.8, 4) is 0 Å². The smallest absolute Gasteiger partial charge is 0.227 e. The summed E-state index contributed by atoms with van der Waals surface area (Å²) in [7, 11) is 0. The second-order valence-electron chi connectivity index (χ2n) is 7.07. The molecule has 6 heteroatoms. The number of thiocarbonyl (C=S) groups is 1. The molecule has 1 aliphatic heterocycles. The Morgan fingerprint density at radius 1 is 1.21 bits per heavy atom. The van der Waals surface area contributed by atoms with Gasteiger partial charge in [-0.25, -0.2) is 0 Å². The molecule has 148 valence electrons. The van der Waals surface area contributed by atoms with Crippen molar-refractivity contribution in [3.05, 3.63) is 59.2 Å². The first-order valence-corrected chi connectivity index (χ1v) is 11.2. The van der Waals surface area contributed by atoms with E-state index in [1.807, 2.05) is 41.8 Å². The fourth-order valence-electron chi connectivity index (χ4n) is 3.28. The van der Waals surface area contributed by atoms with E-state index in [4.69, 9.17) is 12.2 Å². The fraction of sp³-hybridized carbons (Fsp3) is 0.364. The first-order valence-electron chi connectivity index (χ1n) is 9.62. The maximum atomic E-state index is 12.0. The number of benzene rings is 2. The number of nitrogens with zero attached hydrogens (tertiary/aromatic N) is 1. The molecule has 28 heavy (non-hydrogen) atoms. The summed E-state index contributed by atoms with van der Waals surface area (Å²) >= 11 is 7.31. The fourth-order valence-corrected chi connectivity index (χ4v) is 4.31. The zero-order chi connectivity index (χ0) is 19.9. The van der Waals surface area contributed by atoms with Gasteiger partial charge in [0, 0.05) is 42.4 Å². The molecule has 0 aliphatic carbocycles. The second-order valence-corrected chi connectivity index (χ2v) is 8.59. The minimum Gasteiger partial charge on any atom is -0.362 e. The van der Waals surface area contributed by atoms with Gasteiger partial charge in [-0.3, -0.25) is 4.79 Å². The number of anilines is 2. The van der Waals surface area contributed by atoms with Gasteiger partial charge in [-0.1, -0.05) is 35.9 Å². The summed E-state index contributed by atoms with van der Waals surface area (Å²) < 4.78 is 0. The summed E-state index contributed by atoms with van der Waals surface area (Å²) in [6.45, 7) is 5.76. The lowest BCUT2D eigenvalue weighted by molar-refractivity contribution is -0.117. The molecule has 1 aliphatic rings. The third kappa shape index (κ3) is 5.72. The van der Waals surface area contributed by atoms with Crippen molar-refractivity contribution >= 4 is 46.4 Å². The molecule has 0 radical (unpaired) electrons. The van der Waals surface area contributed by atoms with Crippen molar-refractivity contribution in [1.29, 1.82) is 0 Å². The zero-order valence-corrected chi connectivity index (χ0v) is 18.1. The van der Waals surface area contributed by atoms with E-state index < -0.39 is 0 Å². The van der Waals surface area contributed by atoms with E-state index in [0.29, 0.717) is 11.5 Å². The maximum Gasteiger partial charge on any atom is 0.227 e. The monoisotopic (exact) mass is 413 g/mol. The van der Waals surface area contributed by atoms with Crippen LogP contribution in [0.4, 0.5) is 11.4 Å². The Labute approximate surface area is 177 Å². The first-order chi connectivity index (χ1) is 13.5. The molecular formula is C22H27N3OS2. The Balaban J connectivity index is 1.44. The lowest BCUT2D eigenvalue weighted by Crippen LogP contribution is -2.30. The van der Waals surface area contributed by atoms with Gasteiger partial charge in [-0.2, -0.15) is 11.8 Å². The minimum absolute atomic E-state index is 0.201. The maximum absolute atomic E-state index is 12.0. The molecule has 2 aromatic rings. The van der Waals surface area contributed by atoms with Gasteiger partial charge in [0.2, 0.25) is 5.91 Å². The third-order valence-electron chi connectivity index (χ3n) is 4.71. The second kappa shape index (κ2) is 9.94. The molecule has 0 spiro atoms. The van der Waals surface area contributed by atoms with Gasteiger partial charge in [-0.15, -0.1) is 0 Å². The Morgan fingerprint density at radius 3 is 2.82 bits per heavy atom. The van der Waals surface area contributed by atoms with E-state index >= 15 is 0 Å². The van der Waals surface area contributed by atoms with E-state index in [1.165, 1.54) is 11.1 Å². The van der Waals surface area contributed by atoms with Crippen LogP contribution in [0, 0.1) is 13.8 Å². The van der Waals surface area contributed by atoms with Crippen LogP contribution in [0.25, 0.3) is 0 Å². The van der Waals surface area contributed by atoms with Crippen LogP contribution in [0.15, 0.2) is 42.5 Å². The van der Waals surface area contributed by atoms with E-state index in [2.05, 4.69) is 41.8 Å². The van der Waals surface area contributed by atoms with Gasteiger partial charge in [0.05, 0.1) is 0 Å². The highest BCUT2D eigenvalue weighted by Crippen LogP contribution is 2.28. The Kier molecular flexibility index (Phi) is 7.34. The van der Waals surface area contributed by atoms with Gasteiger partial charge in [-0.05, 0) is 55.7 Å². The highest BCUT2D eigenvalue weighted by molar-refractivity contribution is 7.98. The van der Waals surface area contributed by atoms with Crippen LogP contribution < -0.4 is 15.5 Å². The standard InChI is InChI=1S/C22H27N3OS2/c1-16-5-3-6-18(13-16)15-28-12-10-23-22(27)24-19-9-8-17(2)20(14-19)25-11-4-7-21(25)26/h3,5-6,8-9,13-14H,4,7,10-12,15H2,1-2H3,(H2,23,24,27). The van der Waals surface area contributed by atoms with E-state index in [9.17, 15) is 4.79 Å². The van der Waals surface area contributed by atoms with Crippen molar-refractivity contribution in [3.63, 3.8) is 0 Å². The van der Waals surface area contributed by atoms with Crippen molar-refractivity contribution in [2.45, 2.75) is 32.4 Å². The van der Waals surface area contributed by atoms with E-state index in [1.54, 1.807) is 0 Å². The van der Waals surface area contributed by atoms with Crippen LogP contribution in [0.5, 0.6) is 0 Å². The topological polar surface area (TPSA) is 44.4 Å².